The highest BCUT2D eigenvalue weighted by Gasteiger charge is 2.59. The Morgan fingerprint density at radius 1 is 1.04 bits per heavy atom. The van der Waals surface area contributed by atoms with E-state index in [0.29, 0.717) is 11.8 Å². The summed E-state index contributed by atoms with van der Waals surface area (Å²) in [5, 5.41) is 3.08. The molecule has 0 radical (unpaired) electrons. The maximum Gasteiger partial charge on any atom is 0.408 e. The number of nitrogens with one attached hydrogen (secondary N) is 1. The van der Waals surface area contributed by atoms with Gasteiger partial charge in [0.1, 0.15) is 5.60 Å². The number of carbonyl (C=O) groups is 1. The molecule has 0 aliphatic heterocycles. The minimum Gasteiger partial charge on any atom is -0.444 e. The van der Waals surface area contributed by atoms with E-state index < -0.39 is 21.3 Å². The van der Waals surface area contributed by atoms with Crippen molar-refractivity contribution in [3.8, 4) is 0 Å². The minimum atomic E-state index is -3.42. The highest BCUT2D eigenvalue weighted by molar-refractivity contribution is 7.86. The highest BCUT2D eigenvalue weighted by Crippen LogP contribution is 2.59. The molecule has 7 heteroatoms. The van der Waals surface area contributed by atoms with E-state index in [1.54, 1.807) is 0 Å². The summed E-state index contributed by atoms with van der Waals surface area (Å²) in [6, 6.07) is 0. The molecule has 6 aliphatic rings. The standard InChI is InChI=1S/C16H27NO5S/c1-14(2,3)21-13(18)17-15-5-11(6-15)8-16(22-23(4,19)20)9-12(7-15)10-16/h11-12H,5-10H2,1-4H3,(H,17,18). The molecule has 0 atom stereocenters. The summed E-state index contributed by atoms with van der Waals surface area (Å²) in [5.41, 5.74) is -1.16. The molecule has 23 heavy (non-hydrogen) atoms. The van der Waals surface area contributed by atoms with Crippen LogP contribution in [0.25, 0.3) is 0 Å². The van der Waals surface area contributed by atoms with Crippen LogP contribution in [0.5, 0.6) is 0 Å². The Morgan fingerprint density at radius 2 is 1.52 bits per heavy atom. The molecule has 6 aliphatic carbocycles. The van der Waals surface area contributed by atoms with E-state index >= 15 is 0 Å². The summed E-state index contributed by atoms with van der Waals surface area (Å²) in [6.45, 7) is 5.57. The van der Waals surface area contributed by atoms with Crippen LogP contribution in [0.15, 0.2) is 0 Å². The monoisotopic (exact) mass is 345 g/mol. The number of carbonyl (C=O) groups excluding carboxylic acids is 1. The van der Waals surface area contributed by atoms with Gasteiger partial charge in [0.25, 0.3) is 10.1 Å². The van der Waals surface area contributed by atoms with Crippen molar-refractivity contribution in [1.29, 1.82) is 0 Å². The number of alkyl carbamates (subject to hydrolysis) is 1. The highest BCUT2D eigenvalue weighted by atomic mass is 32.2. The van der Waals surface area contributed by atoms with Crippen LogP contribution in [0.1, 0.15) is 59.3 Å². The molecular formula is C16H27NO5S. The number of rotatable bonds is 3. The van der Waals surface area contributed by atoms with Gasteiger partial charge in [-0.2, -0.15) is 8.42 Å². The van der Waals surface area contributed by atoms with Crippen LogP contribution in [0.2, 0.25) is 0 Å². The molecule has 0 unspecified atom stereocenters. The molecule has 0 heterocycles. The second kappa shape index (κ2) is 5.09. The molecule has 6 rings (SSSR count). The Labute approximate surface area is 138 Å². The van der Waals surface area contributed by atoms with Crippen LogP contribution in [0, 0.1) is 11.8 Å². The summed E-state index contributed by atoms with van der Waals surface area (Å²) < 4.78 is 33.8. The first-order valence-corrected chi connectivity index (χ1v) is 10.1. The molecule has 0 aromatic heterocycles. The molecule has 0 saturated heterocycles. The van der Waals surface area contributed by atoms with E-state index in [0.717, 1.165) is 44.8 Å². The van der Waals surface area contributed by atoms with Crippen LogP contribution in [0.4, 0.5) is 4.79 Å². The zero-order chi connectivity index (χ0) is 17.1. The Balaban J connectivity index is 1.62. The zero-order valence-corrected chi connectivity index (χ0v) is 15.2. The molecule has 4 bridgehead atoms. The smallest absolute Gasteiger partial charge is 0.408 e. The molecule has 1 N–H and O–H groups in total. The summed E-state index contributed by atoms with van der Waals surface area (Å²) in [5.74, 6) is 0.820. The predicted octanol–water partition coefficient (Wildman–Crippen LogP) is 2.58. The van der Waals surface area contributed by atoms with Gasteiger partial charge >= 0.3 is 6.09 Å². The van der Waals surface area contributed by atoms with Gasteiger partial charge in [0, 0.05) is 5.54 Å². The number of ether oxygens (including phenoxy) is 1. The van der Waals surface area contributed by atoms with Crippen LogP contribution < -0.4 is 5.32 Å². The van der Waals surface area contributed by atoms with Gasteiger partial charge in [-0.05, 0) is 71.1 Å². The maximum atomic E-state index is 12.1. The average Bonchev–Trinajstić information content (AvgIpc) is 2.14. The van der Waals surface area contributed by atoms with Gasteiger partial charge in [0.05, 0.1) is 11.9 Å². The van der Waals surface area contributed by atoms with Gasteiger partial charge in [-0.15, -0.1) is 0 Å². The second-order valence-corrected chi connectivity index (χ2v) is 10.4. The van der Waals surface area contributed by atoms with E-state index in [1.807, 2.05) is 20.8 Å². The summed E-state index contributed by atoms with van der Waals surface area (Å²) in [7, 11) is -3.42. The Morgan fingerprint density at radius 3 is 1.96 bits per heavy atom. The van der Waals surface area contributed by atoms with Crippen LogP contribution in [0.3, 0.4) is 0 Å². The van der Waals surface area contributed by atoms with Gasteiger partial charge in [-0.3, -0.25) is 4.18 Å². The molecule has 0 aromatic rings. The minimum absolute atomic E-state index is 0.171. The molecule has 0 spiro atoms. The Hall–Kier alpha value is -0.820. The van der Waals surface area contributed by atoms with E-state index in [4.69, 9.17) is 8.92 Å². The Kier molecular flexibility index (Phi) is 3.76. The van der Waals surface area contributed by atoms with Gasteiger partial charge in [0.15, 0.2) is 0 Å². The van der Waals surface area contributed by atoms with Crippen molar-refractivity contribution in [2.75, 3.05) is 6.26 Å². The Bertz CT molecular complexity index is 594. The fourth-order valence-corrected chi connectivity index (χ4v) is 5.68. The van der Waals surface area contributed by atoms with Crippen molar-refractivity contribution < 1.29 is 22.1 Å². The van der Waals surface area contributed by atoms with Crippen molar-refractivity contribution in [3.05, 3.63) is 0 Å². The summed E-state index contributed by atoms with van der Waals surface area (Å²) in [4.78, 5) is 12.1. The van der Waals surface area contributed by atoms with Gasteiger partial charge in [-0.25, -0.2) is 4.79 Å². The topological polar surface area (TPSA) is 81.7 Å². The first kappa shape index (κ1) is 17.0. The van der Waals surface area contributed by atoms with E-state index in [1.165, 1.54) is 0 Å². The molecule has 1 amide bonds. The van der Waals surface area contributed by atoms with Gasteiger partial charge < -0.3 is 10.1 Å². The predicted molar refractivity (Wildman–Crippen MR) is 85.4 cm³/mol. The number of hydrogen-bond donors (Lipinski definition) is 1. The normalized spacial score (nSPS) is 39.3. The fourth-order valence-electron chi connectivity index (χ4n) is 4.83. The lowest BCUT2D eigenvalue weighted by molar-refractivity contribution is -0.123. The van der Waals surface area contributed by atoms with Gasteiger partial charge in [-0.1, -0.05) is 0 Å². The van der Waals surface area contributed by atoms with Crippen molar-refractivity contribution in [1.82, 2.24) is 5.32 Å². The lowest BCUT2D eigenvalue weighted by Crippen LogP contribution is -2.65. The molecule has 6 nitrogen and oxygen atoms in total. The largest absolute Gasteiger partial charge is 0.444 e. The van der Waals surface area contributed by atoms with Crippen LogP contribution in [-0.2, 0) is 19.0 Å². The lowest BCUT2D eigenvalue weighted by Gasteiger charge is -2.60. The molecule has 6 saturated carbocycles. The fraction of sp³-hybridized carbons (Fsp3) is 0.938. The first-order valence-electron chi connectivity index (χ1n) is 8.30. The third kappa shape index (κ3) is 3.82. The lowest BCUT2D eigenvalue weighted by atomic mass is 9.51. The molecule has 0 aromatic carbocycles. The molecule has 6 fully saturated rings. The summed E-state index contributed by atoms with van der Waals surface area (Å²) >= 11 is 0. The van der Waals surface area contributed by atoms with E-state index in [9.17, 15) is 13.2 Å². The molecule has 132 valence electrons. The zero-order valence-electron chi connectivity index (χ0n) is 14.3. The van der Waals surface area contributed by atoms with Crippen molar-refractivity contribution in [3.63, 3.8) is 0 Å². The van der Waals surface area contributed by atoms with Crippen molar-refractivity contribution in [2.24, 2.45) is 11.8 Å². The van der Waals surface area contributed by atoms with E-state index in [2.05, 4.69) is 5.32 Å². The third-order valence-corrected chi connectivity index (χ3v) is 5.77. The quantitative estimate of drug-likeness (QED) is 0.795. The van der Waals surface area contributed by atoms with Crippen LogP contribution >= 0.6 is 0 Å². The first-order chi connectivity index (χ1) is 10.4. The van der Waals surface area contributed by atoms with E-state index in [-0.39, 0.29) is 11.6 Å². The van der Waals surface area contributed by atoms with Crippen molar-refractivity contribution >= 4 is 16.2 Å². The second-order valence-electron chi connectivity index (χ2n) is 8.83. The van der Waals surface area contributed by atoms with Crippen LogP contribution in [-0.4, -0.2) is 37.5 Å². The SMILES string of the molecule is CC(C)(C)OC(=O)NC12CC(C1)CC1(OS(C)(=O)=O)CC(C2)C1. The number of amides is 1. The molecular weight excluding hydrogens is 318 g/mol. The maximum absolute atomic E-state index is 12.1. The average molecular weight is 345 g/mol. The number of hydrogen-bond acceptors (Lipinski definition) is 5. The van der Waals surface area contributed by atoms with Gasteiger partial charge in [0.2, 0.25) is 0 Å². The third-order valence-electron chi connectivity index (χ3n) is 5.11. The van der Waals surface area contributed by atoms with Crippen molar-refractivity contribution in [2.45, 2.75) is 76.0 Å². The summed E-state index contributed by atoms with van der Waals surface area (Å²) in [6.07, 6.45) is 5.75.